The van der Waals surface area contributed by atoms with Gasteiger partial charge in [0.25, 0.3) is 0 Å². The number of nitrogens with zero attached hydrogens (tertiary/aromatic N) is 2. The highest BCUT2D eigenvalue weighted by Gasteiger charge is 2.18. The number of nitrogens with one attached hydrogen (secondary N) is 1. The molecule has 29 heavy (non-hydrogen) atoms. The smallest absolute Gasteiger partial charge is 0.312 e. The molecule has 5 N–H and O–H groups in total. The first kappa shape index (κ1) is 21.7. The zero-order valence-corrected chi connectivity index (χ0v) is 16.2. The Morgan fingerprint density at radius 1 is 1.14 bits per heavy atom. The minimum atomic E-state index is -0.678. The van der Waals surface area contributed by atoms with Gasteiger partial charge in [-0.05, 0) is 29.3 Å². The molecule has 0 aliphatic carbocycles. The second-order valence-corrected chi connectivity index (χ2v) is 6.16. The molecule has 1 heterocycles. The average Bonchev–Trinajstić information content (AvgIpc) is 2.71. The molecule has 8 heteroatoms. The van der Waals surface area contributed by atoms with Crippen LogP contribution in [0.15, 0.2) is 54.7 Å². The quantitative estimate of drug-likeness (QED) is 0.556. The largest absolute Gasteiger partial charge is 0.396 e. The minimum absolute atomic E-state index is 0. The lowest BCUT2D eigenvalue weighted by Gasteiger charge is -2.16. The van der Waals surface area contributed by atoms with Gasteiger partial charge < -0.3 is 16.8 Å². The summed E-state index contributed by atoms with van der Waals surface area (Å²) in [5, 5.41) is 11.8. The van der Waals surface area contributed by atoms with Crippen molar-refractivity contribution < 1.29 is 9.18 Å². The van der Waals surface area contributed by atoms with E-state index < -0.39 is 11.8 Å². The third-order valence-electron chi connectivity index (χ3n) is 4.39. The van der Waals surface area contributed by atoms with E-state index in [4.69, 9.17) is 11.5 Å². The number of rotatable bonds is 5. The van der Waals surface area contributed by atoms with Crippen molar-refractivity contribution in [2.45, 2.75) is 13.0 Å². The van der Waals surface area contributed by atoms with Gasteiger partial charge in [-0.15, -0.1) is 12.4 Å². The standard InChI is InChI=1S/C21H18FN5O.ClH/c22-20-17(10-13-4-1-2-5-14(13)11-23)15(7-8-18(20)24)16-6-3-9-26-19(16)12-27-21(25)28;/h1-9H,10,12,24H2,(H3,25,27,28);1H. The molecule has 0 aliphatic rings. The molecular formula is C21H19ClFN5O. The van der Waals surface area contributed by atoms with E-state index in [0.29, 0.717) is 33.5 Å². The highest BCUT2D eigenvalue weighted by molar-refractivity contribution is 5.85. The average molecular weight is 412 g/mol. The summed E-state index contributed by atoms with van der Waals surface area (Å²) in [4.78, 5) is 15.4. The van der Waals surface area contributed by atoms with Crippen LogP contribution in [-0.4, -0.2) is 11.0 Å². The number of hydrogen-bond donors (Lipinski definition) is 3. The van der Waals surface area contributed by atoms with Crippen LogP contribution in [0.2, 0.25) is 0 Å². The predicted octanol–water partition coefficient (Wildman–Crippen LogP) is 3.52. The number of carbonyl (C=O) groups is 1. The number of amides is 2. The van der Waals surface area contributed by atoms with Crippen LogP contribution in [0.3, 0.4) is 0 Å². The number of nitrogens with two attached hydrogens (primary N) is 2. The molecule has 0 atom stereocenters. The third kappa shape index (κ3) is 4.81. The van der Waals surface area contributed by atoms with Gasteiger partial charge >= 0.3 is 6.03 Å². The van der Waals surface area contributed by atoms with E-state index in [2.05, 4.69) is 16.4 Å². The Bertz CT molecular complexity index is 1080. The molecule has 2 aromatic carbocycles. The van der Waals surface area contributed by atoms with E-state index in [1.165, 1.54) is 6.07 Å². The maximum atomic E-state index is 15.0. The molecule has 2 amide bonds. The van der Waals surface area contributed by atoms with Gasteiger partial charge in [-0.1, -0.05) is 30.3 Å². The summed E-state index contributed by atoms with van der Waals surface area (Å²) in [6.07, 6.45) is 1.77. The molecule has 0 fully saturated rings. The fraction of sp³-hybridized carbons (Fsp3) is 0.0952. The van der Waals surface area contributed by atoms with Crippen LogP contribution in [0.4, 0.5) is 14.9 Å². The topological polar surface area (TPSA) is 118 Å². The summed E-state index contributed by atoms with van der Waals surface area (Å²) in [6.45, 7) is 0.103. The molecule has 148 valence electrons. The summed E-state index contributed by atoms with van der Waals surface area (Å²) in [6, 6.07) is 15.2. The maximum Gasteiger partial charge on any atom is 0.312 e. The first-order chi connectivity index (χ1) is 13.5. The molecule has 0 bridgehead atoms. The number of primary amides is 1. The summed E-state index contributed by atoms with van der Waals surface area (Å²) >= 11 is 0. The van der Waals surface area contributed by atoms with Crippen molar-refractivity contribution >= 4 is 24.1 Å². The first-order valence-electron chi connectivity index (χ1n) is 8.53. The number of nitriles is 1. The van der Waals surface area contributed by atoms with Crippen molar-refractivity contribution in [2.24, 2.45) is 5.73 Å². The van der Waals surface area contributed by atoms with E-state index in [-0.39, 0.29) is 31.1 Å². The normalized spacial score (nSPS) is 9.93. The number of benzene rings is 2. The molecule has 0 spiro atoms. The van der Waals surface area contributed by atoms with Crippen LogP contribution in [0.25, 0.3) is 11.1 Å². The van der Waals surface area contributed by atoms with E-state index in [0.717, 1.165) is 0 Å². The van der Waals surface area contributed by atoms with Crippen molar-refractivity contribution in [3.63, 3.8) is 0 Å². The Morgan fingerprint density at radius 2 is 1.90 bits per heavy atom. The van der Waals surface area contributed by atoms with Crippen LogP contribution in [0.5, 0.6) is 0 Å². The molecule has 1 aromatic heterocycles. The Labute approximate surface area is 173 Å². The summed E-state index contributed by atoms with van der Waals surface area (Å²) < 4.78 is 15.0. The fourth-order valence-corrected chi connectivity index (χ4v) is 3.03. The van der Waals surface area contributed by atoms with Gasteiger partial charge in [-0.2, -0.15) is 5.26 Å². The molecule has 3 aromatic rings. The van der Waals surface area contributed by atoms with Gasteiger partial charge in [0.15, 0.2) is 0 Å². The Kier molecular flexibility index (Phi) is 7.12. The number of urea groups is 1. The van der Waals surface area contributed by atoms with Crippen molar-refractivity contribution in [1.82, 2.24) is 10.3 Å². The van der Waals surface area contributed by atoms with Crippen molar-refractivity contribution in [3.8, 4) is 17.2 Å². The highest BCUT2D eigenvalue weighted by Crippen LogP contribution is 2.32. The van der Waals surface area contributed by atoms with Gasteiger partial charge in [0.1, 0.15) is 5.82 Å². The van der Waals surface area contributed by atoms with Crippen LogP contribution in [-0.2, 0) is 13.0 Å². The van der Waals surface area contributed by atoms with Crippen molar-refractivity contribution in [1.29, 1.82) is 5.26 Å². The van der Waals surface area contributed by atoms with Gasteiger partial charge in [0, 0.05) is 23.7 Å². The molecule has 0 saturated carbocycles. The monoisotopic (exact) mass is 411 g/mol. The molecule has 3 rings (SSSR count). The molecule has 6 nitrogen and oxygen atoms in total. The number of pyridine rings is 1. The lowest BCUT2D eigenvalue weighted by Crippen LogP contribution is -2.29. The van der Waals surface area contributed by atoms with E-state index in [9.17, 15) is 14.4 Å². The zero-order valence-electron chi connectivity index (χ0n) is 15.4. The Hall–Kier alpha value is -3.63. The lowest BCUT2D eigenvalue weighted by atomic mass is 9.91. The van der Waals surface area contributed by atoms with E-state index in [1.54, 1.807) is 48.7 Å². The van der Waals surface area contributed by atoms with E-state index >= 15 is 0 Å². The SMILES string of the molecule is Cl.N#Cc1ccccc1Cc1c(-c2cccnc2CNC(N)=O)ccc(N)c1F. The lowest BCUT2D eigenvalue weighted by molar-refractivity contribution is 0.248. The third-order valence-corrected chi connectivity index (χ3v) is 4.39. The Morgan fingerprint density at radius 3 is 2.62 bits per heavy atom. The number of carbonyl (C=O) groups excluding carboxylic acids is 1. The highest BCUT2D eigenvalue weighted by atomic mass is 35.5. The van der Waals surface area contributed by atoms with Gasteiger partial charge in [-0.3, -0.25) is 4.98 Å². The van der Waals surface area contributed by atoms with Gasteiger partial charge in [0.2, 0.25) is 0 Å². The second-order valence-electron chi connectivity index (χ2n) is 6.16. The minimum Gasteiger partial charge on any atom is -0.396 e. The summed E-state index contributed by atoms with van der Waals surface area (Å²) in [7, 11) is 0. The Balaban J connectivity index is 0.00000300. The van der Waals surface area contributed by atoms with Crippen LogP contribution < -0.4 is 16.8 Å². The second kappa shape index (κ2) is 9.53. The summed E-state index contributed by atoms with van der Waals surface area (Å²) in [5.74, 6) is -0.539. The molecule has 0 saturated heterocycles. The number of halogens is 2. The first-order valence-corrected chi connectivity index (χ1v) is 8.53. The van der Waals surface area contributed by atoms with Crippen LogP contribution in [0, 0.1) is 17.1 Å². The molecule has 0 unspecified atom stereocenters. The number of aromatic nitrogens is 1. The summed E-state index contributed by atoms with van der Waals surface area (Å²) in [5.41, 5.74) is 14.3. The molecule has 0 aliphatic heterocycles. The maximum absolute atomic E-state index is 15.0. The number of nitrogen functional groups attached to an aromatic ring is 1. The fourth-order valence-electron chi connectivity index (χ4n) is 3.03. The van der Waals surface area contributed by atoms with Crippen LogP contribution in [0.1, 0.15) is 22.4 Å². The van der Waals surface area contributed by atoms with Crippen LogP contribution >= 0.6 is 12.4 Å². The van der Waals surface area contributed by atoms with Crippen molar-refractivity contribution in [2.75, 3.05) is 5.73 Å². The predicted molar refractivity (Wildman–Crippen MR) is 112 cm³/mol. The van der Waals surface area contributed by atoms with Crippen molar-refractivity contribution in [3.05, 3.63) is 82.9 Å². The molecule has 0 radical (unpaired) electrons. The molecular weight excluding hydrogens is 393 g/mol. The zero-order chi connectivity index (χ0) is 20.1. The number of hydrogen-bond acceptors (Lipinski definition) is 4. The number of anilines is 1. The van der Waals surface area contributed by atoms with E-state index in [1.807, 2.05) is 0 Å². The van der Waals surface area contributed by atoms with Gasteiger partial charge in [0.05, 0.1) is 29.6 Å². The van der Waals surface area contributed by atoms with Gasteiger partial charge in [-0.25, -0.2) is 9.18 Å².